The summed E-state index contributed by atoms with van der Waals surface area (Å²) in [6, 6.07) is 6.19. The van der Waals surface area contributed by atoms with Crippen LogP contribution >= 0.6 is 15.9 Å². The zero-order valence-corrected chi connectivity index (χ0v) is 11.1. The molecule has 1 N–H and O–H groups in total. The molecule has 0 unspecified atom stereocenters. The van der Waals surface area contributed by atoms with Gasteiger partial charge in [0.15, 0.2) is 5.57 Å². The van der Waals surface area contributed by atoms with Crippen molar-refractivity contribution in [2.24, 2.45) is 0 Å². The van der Waals surface area contributed by atoms with E-state index in [2.05, 4.69) is 21.2 Å². The lowest BCUT2D eigenvalue weighted by molar-refractivity contribution is -0.384. The maximum atomic E-state index is 13.3. The van der Waals surface area contributed by atoms with Crippen LogP contribution < -0.4 is 5.32 Å². The smallest absolute Gasteiger partial charge is 0.295 e. The van der Waals surface area contributed by atoms with Gasteiger partial charge in [0.1, 0.15) is 35.4 Å². The van der Waals surface area contributed by atoms with Gasteiger partial charge in [0.25, 0.3) is 5.69 Å². The Balaban J connectivity index is 3.43. The highest BCUT2D eigenvalue weighted by atomic mass is 79.9. The van der Waals surface area contributed by atoms with Crippen LogP contribution in [0, 0.1) is 49.9 Å². The SMILES string of the molecule is N#CC(C#N)=C(C#N)Nc1cc(Br)c(F)cc1[N+](=O)[O-]. The molecule has 0 radical (unpaired) electrons. The van der Waals surface area contributed by atoms with E-state index in [1.54, 1.807) is 6.07 Å². The molecule has 1 aromatic rings. The second kappa shape index (κ2) is 6.28. The lowest BCUT2D eigenvalue weighted by Crippen LogP contribution is -2.04. The minimum absolute atomic E-state index is 0.0710. The number of anilines is 1. The average Bonchev–Trinajstić information content (AvgIpc) is 2.42. The molecule has 0 spiro atoms. The summed E-state index contributed by atoms with van der Waals surface area (Å²) in [5, 5.41) is 39.3. The van der Waals surface area contributed by atoms with Gasteiger partial charge in [0, 0.05) is 0 Å². The van der Waals surface area contributed by atoms with Crippen LogP contribution in [0.5, 0.6) is 0 Å². The molecular formula is C11H3BrFN5O2. The number of rotatable bonds is 3. The Hall–Kier alpha value is -2.96. The molecule has 0 aliphatic carbocycles. The Labute approximate surface area is 120 Å². The van der Waals surface area contributed by atoms with Gasteiger partial charge in [-0.25, -0.2) is 4.39 Å². The van der Waals surface area contributed by atoms with Crippen LogP contribution in [0.1, 0.15) is 0 Å². The topological polar surface area (TPSA) is 127 Å². The van der Waals surface area contributed by atoms with Gasteiger partial charge in [-0.15, -0.1) is 0 Å². The van der Waals surface area contributed by atoms with E-state index in [0.29, 0.717) is 6.07 Å². The van der Waals surface area contributed by atoms with E-state index < -0.39 is 27.7 Å². The van der Waals surface area contributed by atoms with Crippen LogP contribution in [0.2, 0.25) is 0 Å². The number of nitriles is 3. The summed E-state index contributed by atoms with van der Waals surface area (Å²) >= 11 is 2.85. The van der Waals surface area contributed by atoms with Crippen molar-refractivity contribution in [3.8, 4) is 18.2 Å². The third kappa shape index (κ3) is 3.08. The molecule has 0 amide bonds. The Morgan fingerprint density at radius 3 is 2.35 bits per heavy atom. The number of nitrogens with zero attached hydrogens (tertiary/aromatic N) is 4. The molecule has 98 valence electrons. The van der Waals surface area contributed by atoms with Gasteiger partial charge in [-0.05, 0) is 22.0 Å². The predicted octanol–water partition coefficient (Wildman–Crippen LogP) is 2.73. The maximum Gasteiger partial charge on any atom is 0.295 e. The Morgan fingerprint density at radius 1 is 1.30 bits per heavy atom. The highest BCUT2D eigenvalue weighted by Crippen LogP contribution is 2.31. The first-order chi connectivity index (χ1) is 9.44. The van der Waals surface area contributed by atoms with Gasteiger partial charge in [0.2, 0.25) is 0 Å². The third-order valence-corrected chi connectivity index (χ3v) is 2.69. The summed E-state index contributed by atoms with van der Waals surface area (Å²) in [7, 11) is 0. The first kappa shape index (κ1) is 15.1. The molecule has 0 bridgehead atoms. The zero-order chi connectivity index (χ0) is 15.3. The average molecular weight is 336 g/mol. The fourth-order valence-electron chi connectivity index (χ4n) is 1.21. The van der Waals surface area contributed by atoms with Crippen molar-refractivity contribution in [3.63, 3.8) is 0 Å². The summed E-state index contributed by atoms with van der Waals surface area (Å²) in [5.74, 6) is -0.856. The Kier molecular flexibility index (Phi) is 4.74. The summed E-state index contributed by atoms with van der Waals surface area (Å²) in [5.41, 5.74) is -1.85. The van der Waals surface area contributed by atoms with Crippen LogP contribution in [0.15, 0.2) is 27.9 Å². The van der Waals surface area contributed by atoms with Gasteiger partial charge in [0.05, 0.1) is 15.5 Å². The van der Waals surface area contributed by atoms with E-state index in [4.69, 9.17) is 15.8 Å². The molecule has 0 aliphatic rings. The lowest BCUT2D eigenvalue weighted by atomic mass is 10.2. The molecule has 0 heterocycles. The van der Waals surface area contributed by atoms with Crippen molar-refractivity contribution in [2.75, 3.05) is 5.32 Å². The van der Waals surface area contributed by atoms with Gasteiger partial charge in [-0.2, -0.15) is 15.8 Å². The zero-order valence-electron chi connectivity index (χ0n) is 9.52. The molecule has 1 aromatic carbocycles. The highest BCUT2D eigenvalue weighted by molar-refractivity contribution is 9.10. The van der Waals surface area contributed by atoms with Crippen molar-refractivity contribution in [1.82, 2.24) is 0 Å². The van der Waals surface area contributed by atoms with E-state index in [9.17, 15) is 14.5 Å². The van der Waals surface area contributed by atoms with E-state index in [-0.39, 0.29) is 10.2 Å². The number of allylic oxidation sites excluding steroid dienone is 2. The normalized spacial score (nSPS) is 8.75. The summed E-state index contributed by atoms with van der Waals surface area (Å²) < 4.78 is 13.2. The lowest BCUT2D eigenvalue weighted by Gasteiger charge is -2.06. The third-order valence-electron chi connectivity index (χ3n) is 2.08. The quantitative estimate of drug-likeness (QED) is 0.514. The predicted molar refractivity (Wildman–Crippen MR) is 68.2 cm³/mol. The van der Waals surface area contributed by atoms with Crippen LogP contribution in [-0.4, -0.2) is 4.92 Å². The number of nitro benzene ring substituents is 1. The fraction of sp³-hybridized carbons (Fsp3) is 0. The number of benzene rings is 1. The molecule has 0 fully saturated rings. The van der Waals surface area contributed by atoms with E-state index >= 15 is 0 Å². The standard InChI is InChI=1S/C11H3BrFN5O2/c12-7-1-9(11(18(19)20)2-8(7)13)17-10(5-16)6(3-14)4-15/h1-2,17H. The minimum atomic E-state index is -0.856. The molecule has 0 aromatic heterocycles. The van der Waals surface area contributed by atoms with Crippen LogP contribution in [0.25, 0.3) is 0 Å². The Bertz CT molecular complexity index is 723. The van der Waals surface area contributed by atoms with Crippen LogP contribution in [-0.2, 0) is 0 Å². The van der Waals surface area contributed by atoms with Crippen molar-refractivity contribution in [3.05, 3.63) is 43.8 Å². The largest absolute Gasteiger partial charge is 0.339 e. The van der Waals surface area contributed by atoms with E-state index in [0.717, 1.165) is 6.07 Å². The molecule has 0 saturated carbocycles. The molecule has 9 heteroatoms. The first-order valence-corrected chi connectivity index (χ1v) is 5.59. The molecule has 1 rings (SSSR count). The minimum Gasteiger partial charge on any atom is -0.339 e. The molecule has 0 atom stereocenters. The molecule has 20 heavy (non-hydrogen) atoms. The van der Waals surface area contributed by atoms with Gasteiger partial charge in [-0.3, -0.25) is 10.1 Å². The van der Waals surface area contributed by atoms with E-state index in [1.807, 2.05) is 0 Å². The Morgan fingerprint density at radius 2 is 1.90 bits per heavy atom. The number of nitrogens with one attached hydrogen (secondary N) is 1. The number of nitro groups is 1. The first-order valence-electron chi connectivity index (χ1n) is 4.79. The summed E-state index contributed by atoms with van der Waals surface area (Å²) in [4.78, 5) is 9.96. The maximum absolute atomic E-state index is 13.3. The second-order valence-corrected chi connectivity index (χ2v) is 4.11. The number of hydrogen-bond acceptors (Lipinski definition) is 6. The molecule has 0 aliphatic heterocycles. The van der Waals surface area contributed by atoms with Crippen molar-refractivity contribution in [1.29, 1.82) is 15.8 Å². The second-order valence-electron chi connectivity index (χ2n) is 3.25. The summed E-state index contributed by atoms with van der Waals surface area (Å²) in [6.07, 6.45) is 0. The number of hydrogen-bond donors (Lipinski definition) is 1. The highest BCUT2D eigenvalue weighted by Gasteiger charge is 2.19. The van der Waals surface area contributed by atoms with Gasteiger partial charge in [-0.1, -0.05) is 0 Å². The van der Waals surface area contributed by atoms with Crippen LogP contribution in [0.3, 0.4) is 0 Å². The van der Waals surface area contributed by atoms with Gasteiger partial charge >= 0.3 is 0 Å². The monoisotopic (exact) mass is 335 g/mol. The number of halogens is 2. The van der Waals surface area contributed by atoms with Crippen molar-refractivity contribution < 1.29 is 9.31 Å². The van der Waals surface area contributed by atoms with E-state index in [1.165, 1.54) is 12.1 Å². The fourth-order valence-corrected chi connectivity index (χ4v) is 1.55. The molecular weight excluding hydrogens is 333 g/mol. The molecule has 7 nitrogen and oxygen atoms in total. The summed E-state index contributed by atoms with van der Waals surface area (Å²) in [6.45, 7) is 0. The molecule has 0 saturated heterocycles. The van der Waals surface area contributed by atoms with Gasteiger partial charge < -0.3 is 5.32 Å². The van der Waals surface area contributed by atoms with Crippen LogP contribution in [0.4, 0.5) is 15.8 Å². The van der Waals surface area contributed by atoms with Crippen molar-refractivity contribution in [2.45, 2.75) is 0 Å². The van der Waals surface area contributed by atoms with Crippen molar-refractivity contribution >= 4 is 27.3 Å².